The third-order valence-electron chi connectivity index (χ3n) is 6.01. The van der Waals surface area contributed by atoms with Crippen LogP contribution >= 0.6 is 0 Å². The van der Waals surface area contributed by atoms with Crippen LogP contribution in [0.3, 0.4) is 0 Å². The summed E-state index contributed by atoms with van der Waals surface area (Å²) in [6.45, 7) is 7.36. The Kier molecular flexibility index (Phi) is 6.63. The van der Waals surface area contributed by atoms with Gasteiger partial charge in [0.05, 0.1) is 34.4 Å². The lowest BCUT2D eigenvalue weighted by molar-refractivity contribution is -0.138. The zero-order valence-electron chi connectivity index (χ0n) is 20.5. The molecule has 3 heterocycles. The van der Waals surface area contributed by atoms with Crippen molar-refractivity contribution in [2.24, 2.45) is 7.05 Å². The van der Waals surface area contributed by atoms with E-state index >= 15 is 0 Å². The monoisotopic (exact) mass is 500 g/mol. The minimum atomic E-state index is -4.56. The van der Waals surface area contributed by atoms with E-state index in [1.807, 2.05) is 20.2 Å². The van der Waals surface area contributed by atoms with E-state index in [9.17, 15) is 18.0 Å². The fourth-order valence-corrected chi connectivity index (χ4v) is 3.89. The highest BCUT2D eigenvalue weighted by Crippen LogP contribution is 2.37. The van der Waals surface area contributed by atoms with E-state index in [1.54, 1.807) is 35.8 Å². The topological polar surface area (TPSA) is 99.1 Å². The second kappa shape index (κ2) is 9.53. The molecule has 0 radical (unpaired) electrons. The maximum Gasteiger partial charge on any atom is 0.416 e. The number of carbonyl (C=O) groups is 1. The minimum Gasteiger partial charge on any atom is -0.385 e. The predicted octanol–water partition coefficient (Wildman–Crippen LogP) is 4.27. The van der Waals surface area contributed by atoms with Gasteiger partial charge in [-0.1, -0.05) is 0 Å². The van der Waals surface area contributed by atoms with E-state index in [0.29, 0.717) is 23.6 Å². The lowest BCUT2D eigenvalue weighted by Crippen LogP contribution is -2.36. The lowest BCUT2D eigenvalue weighted by atomic mass is 10.0. The van der Waals surface area contributed by atoms with Gasteiger partial charge >= 0.3 is 6.18 Å². The number of aryl methyl sites for hydroxylation is 2. The van der Waals surface area contributed by atoms with Gasteiger partial charge in [0.25, 0.3) is 5.91 Å². The average molecular weight is 501 g/mol. The summed E-state index contributed by atoms with van der Waals surface area (Å²) in [6, 6.07) is 4.05. The molecule has 1 aliphatic rings. The second-order valence-electron chi connectivity index (χ2n) is 8.42. The Balaban J connectivity index is 1.61. The molecule has 190 valence electrons. The third kappa shape index (κ3) is 4.85. The zero-order chi connectivity index (χ0) is 26.2. The number of aromatic nitrogens is 3. The number of benzene rings is 1. The fourth-order valence-electron chi connectivity index (χ4n) is 3.89. The summed E-state index contributed by atoms with van der Waals surface area (Å²) in [5, 5.41) is 11.4. The first-order valence-corrected chi connectivity index (χ1v) is 11.2. The van der Waals surface area contributed by atoms with Crippen LogP contribution in [0.15, 0.2) is 36.8 Å². The Labute approximate surface area is 206 Å². The molecule has 0 aliphatic carbocycles. The van der Waals surface area contributed by atoms with Crippen LogP contribution in [0.4, 0.5) is 30.2 Å². The maximum absolute atomic E-state index is 13.6. The van der Waals surface area contributed by atoms with Gasteiger partial charge in [-0.25, -0.2) is 0 Å². The summed E-state index contributed by atoms with van der Waals surface area (Å²) in [6.07, 6.45) is 0.386. The van der Waals surface area contributed by atoms with E-state index in [4.69, 9.17) is 0 Å². The summed E-state index contributed by atoms with van der Waals surface area (Å²) >= 11 is 0. The highest BCUT2D eigenvalue weighted by molar-refractivity contribution is 6.05. The number of pyridine rings is 1. The molecule has 0 spiro atoms. The van der Waals surface area contributed by atoms with Crippen molar-refractivity contribution in [2.75, 3.05) is 22.2 Å². The van der Waals surface area contributed by atoms with E-state index in [-0.39, 0.29) is 16.8 Å². The lowest BCUT2D eigenvalue weighted by Gasteiger charge is -2.19. The van der Waals surface area contributed by atoms with Crippen LogP contribution in [0.5, 0.6) is 0 Å². The van der Waals surface area contributed by atoms with Crippen LogP contribution < -0.4 is 26.6 Å². The van der Waals surface area contributed by atoms with Crippen LogP contribution in [0.1, 0.15) is 45.4 Å². The number of nitrogens with one attached hydrogen (secondary N) is 4. The molecule has 1 aromatic carbocycles. The van der Waals surface area contributed by atoms with Crippen molar-refractivity contribution in [1.29, 1.82) is 0 Å². The molecule has 2 aromatic heterocycles. The van der Waals surface area contributed by atoms with Gasteiger partial charge in [-0.05, 0) is 51.5 Å². The third-order valence-corrected chi connectivity index (χ3v) is 6.01. The number of nitrogens with zero attached hydrogens (tertiary/aromatic N) is 4. The standard InChI is InChI=1S/C24H27F3N8O/c1-6-28-20-9-17(8-19(13(20)2)24(25,26)27)31-23(36)16-7-22(14(3)29-10-16)35-12-21(32-33-35)18-11-30-34(5)15(18)4/h7-12,28,32-33H,6H2,1-5H3,(H,31,36). The van der Waals surface area contributed by atoms with Crippen molar-refractivity contribution >= 4 is 28.7 Å². The summed E-state index contributed by atoms with van der Waals surface area (Å²) in [5.74, 6) is -0.581. The van der Waals surface area contributed by atoms with Crippen molar-refractivity contribution < 1.29 is 18.0 Å². The highest BCUT2D eigenvalue weighted by atomic mass is 19.4. The van der Waals surface area contributed by atoms with Crippen molar-refractivity contribution in [3.63, 3.8) is 0 Å². The number of carbonyl (C=O) groups excluding carboxylic acids is 1. The molecular weight excluding hydrogens is 473 g/mol. The van der Waals surface area contributed by atoms with Crippen molar-refractivity contribution in [3.8, 4) is 0 Å². The van der Waals surface area contributed by atoms with Gasteiger partial charge in [0.15, 0.2) is 0 Å². The number of hydrazine groups is 2. The number of rotatable bonds is 6. The molecule has 0 saturated heterocycles. The molecule has 0 saturated carbocycles. The molecular formula is C24H27F3N8O. The quantitative estimate of drug-likeness (QED) is 0.401. The van der Waals surface area contributed by atoms with Gasteiger partial charge in [0.1, 0.15) is 0 Å². The number of amides is 1. The Hall–Kier alpha value is -4.06. The van der Waals surface area contributed by atoms with Crippen molar-refractivity contribution in [2.45, 2.75) is 33.9 Å². The summed E-state index contributed by atoms with van der Waals surface area (Å²) in [7, 11) is 1.85. The zero-order valence-corrected chi connectivity index (χ0v) is 20.5. The van der Waals surface area contributed by atoms with E-state index < -0.39 is 17.6 Å². The normalized spacial score (nSPS) is 13.4. The molecule has 0 bridgehead atoms. The van der Waals surface area contributed by atoms with E-state index in [0.717, 1.165) is 23.0 Å². The minimum absolute atomic E-state index is 0.0335. The molecule has 1 amide bonds. The summed E-state index contributed by atoms with van der Waals surface area (Å²) < 4.78 is 42.5. The molecule has 12 heteroatoms. The highest BCUT2D eigenvalue weighted by Gasteiger charge is 2.34. The van der Waals surface area contributed by atoms with Gasteiger partial charge in [0, 0.05) is 48.6 Å². The first-order chi connectivity index (χ1) is 17.0. The number of hydrogen-bond acceptors (Lipinski definition) is 7. The van der Waals surface area contributed by atoms with Gasteiger partial charge in [0.2, 0.25) is 0 Å². The van der Waals surface area contributed by atoms with Crippen LogP contribution in [-0.4, -0.2) is 27.2 Å². The second-order valence-corrected chi connectivity index (χ2v) is 8.42. The van der Waals surface area contributed by atoms with Crippen LogP contribution in [0.2, 0.25) is 0 Å². The largest absolute Gasteiger partial charge is 0.416 e. The smallest absolute Gasteiger partial charge is 0.385 e. The fraction of sp³-hybridized carbons (Fsp3) is 0.292. The first kappa shape index (κ1) is 25.0. The Morgan fingerprint density at radius 1 is 1.14 bits per heavy atom. The first-order valence-electron chi connectivity index (χ1n) is 11.2. The Bertz CT molecular complexity index is 1350. The molecule has 9 nitrogen and oxygen atoms in total. The van der Waals surface area contributed by atoms with Crippen molar-refractivity contribution in [1.82, 2.24) is 25.7 Å². The molecule has 4 rings (SSSR count). The van der Waals surface area contributed by atoms with Crippen molar-refractivity contribution in [3.05, 3.63) is 70.4 Å². The van der Waals surface area contributed by atoms with Gasteiger partial charge in [-0.15, -0.1) is 5.53 Å². The molecule has 4 N–H and O–H groups in total. The van der Waals surface area contributed by atoms with Crippen LogP contribution in [0, 0.1) is 20.8 Å². The maximum atomic E-state index is 13.6. The molecule has 0 atom stereocenters. The summed E-state index contributed by atoms with van der Waals surface area (Å²) in [5.41, 5.74) is 9.78. The molecule has 0 unspecified atom stereocenters. The predicted molar refractivity (Wildman–Crippen MR) is 132 cm³/mol. The Morgan fingerprint density at radius 3 is 2.53 bits per heavy atom. The number of hydrogen-bond donors (Lipinski definition) is 4. The average Bonchev–Trinajstić information content (AvgIpc) is 3.42. The molecule has 1 aliphatic heterocycles. The number of anilines is 3. The van der Waals surface area contributed by atoms with E-state index in [2.05, 4.69) is 31.7 Å². The SMILES string of the molecule is CCNc1cc(NC(=O)c2cnc(C)c(N3C=C(c4cnn(C)c4C)NN3)c2)cc(C(F)(F)F)c1C. The van der Waals surface area contributed by atoms with E-state index in [1.165, 1.54) is 19.2 Å². The molecule has 36 heavy (non-hydrogen) atoms. The Morgan fingerprint density at radius 2 is 1.89 bits per heavy atom. The van der Waals surface area contributed by atoms with Gasteiger partial charge in [-0.3, -0.25) is 19.5 Å². The van der Waals surface area contributed by atoms with Crippen LogP contribution in [-0.2, 0) is 13.2 Å². The molecule has 3 aromatic rings. The summed E-state index contributed by atoms with van der Waals surface area (Å²) in [4.78, 5) is 17.3. The number of halogens is 3. The van der Waals surface area contributed by atoms with Crippen LogP contribution in [0.25, 0.3) is 5.70 Å². The number of alkyl halides is 3. The molecule has 0 fully saturated rings. The van der Waals surface area contributed by atoms with Gasteiger partial charge < -0.3 is 16.1 Å². The van der Waals surface area contributed by atoms with Gasteiger partial charge in [-0.2, -0.15) is 18.3 Å².